The van der Waals surface area contributed by atoms with Crippen molar-refractivity contribution in [2.24, 2.45) is 5.92 Å². The van der Waals surface area contributed by atoms with Gasteiger partial charge in [-0.2, -0.15) is 0 Å². The third-order valence-corrected chi connectivity index (χ3v) is 3.93. The Labute approximate surface area is 115 Å². The topological polar surface area (TPSA) is 41.1 Å². The van der Waals surface area contributed by atoms with Gasteiger partial charge in [-0.25, -0.2) is 0 Å². The first-order valence-electron chi connectivity index (χ1n) is 7.25. The van der Waals surface area contributed by atoms with Crippen LogP contribution in [0, 0.1) is 5.92 Å². The summed E-state index contributed by atoms with van der Waals surface area (Å²) in [6, 6.07) is 8.26. The molecule has 104 valence electrons. The van der Waals surface area contributed by atoms with Gasteiger partial charge in [0.1, 0.15) is 6.04 Å². The van der Waals surface area contributed by atoms with E-state index in [0.29, 0.717) is 5.92 Å². The average molecular weight is 260 g/mol. The van der Waals surface area contributed by atoms with Crippen LogP contribution in [-0.2, 0) is 11.2 Å². The molecule has 1 aromatic rings. The molecule has 0 aromatic heterocycles. The van der Waals surface area contributed by atoms with Crippen LogP contribution in [0.4, 0.5) is 5.69 Å². The predicted octanol–water partition coefficient (Wildman–Crippen LogP) is 2.96. The van der Waals surface area contributed by atoms with Crippen LogP contribution in [0.1, 0.15) is 39.2 Å². The number of nitrogens with one attached hydrogen (secondary N) is 2. The summed E-state index contributed by atoms with van der Waals surface area (Å²) in [6.45, 7) is 6.51. The molecule has 3 heteroatoms. The second-order valence-corrected chi connectivity index (χ2v) is 5.72. The number of carbonyl (C=O) groups excluding carboxylic acids is 1. The molecule has 2 N–H and O–H groups in total. The lowest BCUT2D eigenvalue weighted by Crippen LogP contribution is -2.43. The Balaban J connectivity index is 1.86. The van der Waals surface area contributed by atoms with Crippen molar-refractivity contribution in [1.82, 2.24) is 5.32 Å². The highest BCUT2D eigenvalue weighted by atomic mass is 16.2. The number of para-hydroxylation sites is 1. The lowest BCUT2D eigenvalue weighted by Gasteiger charge is -2.20. The molecule has 0 bridgehead atoms. The first-order chi connectivity index (χ1) is 9.10. The zero-order chi connectivity index (χ0) is 13.8. The van der Waals surface area contributed by atoms with Crippen molar-refractivity contribution in [2.75, 3.05) is 5.32 Å². The summed E-state index contributed by atoms with van der Waals surface area (Å²) < 4.78 is 0. The lowest BCUT2D eigenvalue weighted by atomic mass is 10.00. The van der Waals surface area contributed by atoms with Crippen molar-refractivity contribution in [3.63, 3.8) is 0 Å². The highest BCUT2D eigenvalue weighted by Gasteiger charge is 2.27. The van der Waals surface area contributed by atoms with E-state index in [1.807, 2.05) is 18.2 Å². The van der Waals surface area contributed by atoms with Crippen LogP contribution in [0.3, 0.4) is 0 Å². The van der Waals surface area contributed by atoms with Crippen molar-refractivity contribution in [2.45, 2.75) is 52.1 Å². The fourth-order valence-corrected chi connectivity index (χ4v) is 2.63. The Bertz CT molecular complexity index is 419. The molecule has 2 rings (SSSR count). The summed E-state index contributed by atoms with van der Waals surface area (Å²) in [6.07, 6.45) is 2.99. The maximum atomic E-state index is 12.2. The molecule has 0 saturated heterocycles. The molecule has 1 aliphatic rings. The van der Waals surface area contributed by atoms with Gasteiger partial charge < -0.3 is 10.6 Å². The van der Waals surface area contributed by atoms with Crippen LogP contribution in [-0.4, -0.2) is 18.0 Å². The SMILES string of the molecule is CCC(C)CC(C)NC(=O)C1Cc2ccccc2N1. The Hall–Kier alpha value is -1.51. The maximum absolute atomic E-state index is 12.2. The van der Waals surface area contributed by atoms with Gasteiger partial charge in [0.05, 0.1) is 0 Å². The van der Waals surface area contributed by atoms with Crippen LogP contribution < -0.4 is 10.6 Å². The quantitative estimate of drug-likeness (QED) is 0.854. The van der Waals surface area contributed by atoms with Gasteiger partial charge in [0.2, 0.25) is 5.91 Å². The summed E-state index contributed by atoms with van der Waals surface area (Å²) in [4.78, 5) is 12.2. The molecule has 0 saturated carbocycles. The monoisotopic (exact) mass is 260 g/mol. The summed E-state index contributed by atoms with van der Waals surface area (Å²) in [5, 5.41) is 6.42. The predicted molar refractivity (Wildman–Crippen MR) is 79.2 cm³/mol. The molecule has 1 aliphatic heterocycles. The minimum atomic E-state index is -0.114. The van der Waals surface area contributed by atoms with Crippen molar-refractivity contribution >= 4 is 11.6 Å². The van der Waals surface area contributed by atoms with E-state index in [2.05, 4.69) is 37.5 Å². The van der Waals surface area contributed by atoms with Gasteiger partial charge in [0.15, 0.2) is 0 Å². The molecule has 1 aromatic carbocycles. The van der Waals surface area contributed by atoms with E-state index in [1.165, 1.54) is 5.56 Å². The second-order valence-electron chi connectivity index (χ2n) is 5.72. The van der Waals surface area contributed by atoms with Crippen molar-refractivity contribution in [3.8, 4) is 0 Å². The summed E-state index contributed by atoms with van der Waals surface area (Å²) in [5.41, 5.74) is 2.33. The van der Waals surface area contributed by atoms with E-state index in [9.17, 15) is 4.79 Å². The number of amides is 1. The fourth-order valence-electron chi connectivity index (χ4n) is 2.63. The number of rotatable bonds is 5. The molecule has 19 heavy (non-hydrogen) atoms. The van der Waals surface area contributed by atoms with Crippen LogP contribution in [0.5, 0.6) is 0 Å². The number of anilines is 1. The summed E-state index contributed by atoms with van der Waals surface area (Å²) in [5.74, 6) is 0.774. The molecule has 3 nitrogen and oxygen atoms in total. The maximum Gasteiger partial charge on any atom is 0.243 e. The smallest absolute Gasteiger partial charge is 0.243 e. The molecular formula is C16H24N2O. The van der Waals surface area contributed by atoms with Crippen molar-refractivity contribution < 1.29 is 4.79 Å². The average Bonchev–Trinajstić information content (AvgIpc) is 2.82. The molecule has 0 fully saturated rings. The van der Waals surface area contributed by atoms with Crippen molar-refractivity contribution in [1.29, 1.82) is 0 Å². The number of fused-ring (bicyclic) bond motifs is 1. The van der Waals surface area contributed by atoms with E-state index in [-0.39, 0.29) is 18.0 Å². The molecule has 3 atom stereocenters. The number of hydrogen-bond donors (Lipinski definition) is 2. The van der Waals surface area contributed by atoms with Gasteiger partial charge >= 0.3 is 0 Å². The lowest BCUT2D eigenvalue weighted by molar-refractivity contribution is -0.122. The van der Waals surface area contributed by atoms with Gasteiger partial charge in [-0.3, -0.25) is 4.79 Å². The van der Waals surface area contributed by atoms with Crippen LogP contribution >= 0.6 is 0 Å². The molecule has 1 heterocycles. The number of benzene rings is 1. The highest BCUT2D eigenvalue weighted by molar-refractivity contribution is 5.87. The third-order valence-electron chi connectivity index (χ3n) is 3.93. The number of hydrogen-bond acceptors (Lipinski definition) is 2. The van der Waals surface area contributed by atoms with E-state index in [1.54, 1.807) is 0 Å². The van der Waals surface area contributed by atoms with Crippen molar-refractivity contribution in [3.05, 3.63) is 29.8 Å². The molecule has 0 spiro atoms. The van der Waals surface area contributed by atoms with Gasteiger partial charge in [0, 0.05) is 18.2 Å². The Morgan fingerprint density at radius 3 is 2.84 bits per heavy atom. The first-order valence-corrected chi connectivity index (χ1v) is 7.25. The Morgan fingerprint density at radius 2 is 2.16 bits per heavy atom. The molecule has 0 aliphatic carbocycles. The standard InChI is InChI=1S/C16H24N2O/c1-4-11(2)9-12(3)17-16(19)15-10-13-7-5-6-8-14(13)18-15/h5-8,11-12,15,18H,4,9-10H2,1-3H3,(H,17,19). The summed E-state index contributed by atoms with van der Waals surface area (Å²) in [7, 11) is 0. The Morgan fingerprint density at radius 1 is 1.42 bits per heavy atom. The molecule has 0 radical (unpaired) electrons. The number of carbonyl (C=O) groups is 1. The largest absolute Gasteiger partial charge is 0.373 e. The van der Waals surface area contributed by atoms with Gasteiger partial charge in [-0.05, 0) is 30.9 Å². The van der Waals surface area contributed by atoms with E-state index >= 15 is 0 Å². The van der Waals surface area contributed by atoms with Gasteiger partial charge in [-0.1, -0.05) is 38.5 Å². The molecule has 3 unspecified atom stereocenters. The zero-order valence-electron chi connectivity index (χ0n) is 12.1. The van der Waals surface area contributed by atoms with Crippen LogP contribution in [0.25, 0.3) is 0 Å². The minimum Gasteiger partial charge on any atom is -0.373 e. The van der Waals surface area contributed by atoms with E-state index < -0.39 is 0 Å². The van der Waals surface area contributed by atoms with Crippen LogP contribution in [0.15, 0.2) is 24.3 Å². The summed E-state index contributed by atoms with van der Waals surface area (Å²) >= 11 is 0. The van der Waals surface area contributed by atoms with Gasteiger partial charge in [0.25, 0.3) is 0 Å². The minimum absolute atomic E-state index is 0.114. The highest BCUT2D eigenvalue weighted by Crippen LogP contribution is 2.25. The van der Waals surface area contributed by atoms with E-state index in [0.717, 1.165) is 24.9 Å². The molecule has 1 amide bonds. The third kappa shape index (κ3) is 3.49. The fraction of sp³-hybridized carbons (Fsp3) is 0.562. The Kier molecular flexibility index (Phi) is 4.46. The van der Waals surface area contributed by atoms with E-state index in [4.69, 9.17) is 0 Å². The molecular weight excluding hydrogens is 236 g/mol. The van der Waals surface area contributed by atoms with Crippen LogP contribution in [0.2, 0.25) is 0 Å². The second kappa shape index (κ2) is 6.09. The first kappa shape index (κ1) is 13.9. The normalized spacial score (nSPS) is 20.3. The van der Waals surface area contributed by atoms with Gasteiger partial charge in [-0.15, -0.1) is 0 Å². The zero-order valence-corrected chi connectivity index (χ0v) is 12.1.